The smallest absolute Gasteiger partial charge is 0.476 e. The molecule has 0 saturated heterocycles. The molecule has 3 rings (SSSR count). The summed E-state index contributed by atoms with van der Waals surface area (Å²) < 4.78 is 88.4. The highest BCUT2D eigenvalue weighted by molar-refractivity contribution is 7.90. The van der Waals surface area contributed by atoms with E-state index < -0.39 is 38.2 Å². The van der Waals surface area contributed by atoms with Crippen LogP contribution in [-0.2, 0) is 15.6 Å². The van der Waals surface area contributed by atoms with Crippen molar-refractivity contribution in [2.24, 2.45) is 0 Å². The fourth-order valence-electron chi connectivity index (χ4n) is 2.94. The number of rotatable bonds is 4. The van der Waals surface area contributed by atoms with Gasteiger partial charge in [-0.15, -0.1) is 13.2 Å². The van der Waals surface area contributed by atoms with Crippen molar-refractivity contribution in [1.29, 1.82) is 0 Å². The zero-order valence-electron chi connectivity index (χ0n) is 16.2. The molecular weight excluding hydrogens is 430 g/mol. The number of hydrogen-bond acceptors (Lipinski definition) is 6. The fourth-order valence-corrected chi connectivity index (χ4v) is 4.02. The number of hydrogen-bond donors (Lipinski definition) is 1. The number of nitrogens with one attached hydrogen (secondary N) is 1. The first-order valence-electron chi connectivity index (χ1n) is 8.79. The lowest BCUT2D eigenvalue weighted by atomic mass is 9.83. The molecule has 0 saturated carbocycles. The van der Waals surface area contributed by atoms with Crippen LogP contribution in [0.3, 0.4) is 0 Å². The molecule has 0 bridgehead atoms. The molecule has 1 aliphatic heterocycles. The van der Waals surface area contributed by atoms with Gasteiger partial charge in [-0.2, -0.15) is 4.72 Å². The molecule has 0 spiro atoms. The second kappa shape index (κ2) is 7.34. The molecular formula is C18H19F4N3O4S. The van der Waals surface area contributed by atoms with Crippen molar-refractivity contribution < 1.29 is 35.5 Å². The highest BCUT2D eigenvalue weighted by atomic mass is 32.2. The molecule has 164 valence electrons. The van der Waals surface area contributed by atoms with Crippen molar-refractivity contribution in [3.63, 3.8) is 0 Å². The second-order valence-corrected chi connectivity index (χ2v) is 10.1. The summed E-state index contributed by atoms with van der Waals surface area (Å²) in [6, 6.07) is 2.73. The minimum Gasteiger partial charge on any atom is -0.476 e. The van der Waals surface area contributed by atoms with Crippen LogP contribution >= 0.6 is 0 Å². The van der Waals surface area contributed by atoms with E-state index in [4.69, 9.17) is 4.74 Å². The van der Waals surface area contributed by atoms with Crippen LogP contribution in [-0.4, -0.2) is 36.1 Å². The van der Waals surface area contributed by atoms with Gasteiger partial charge in [-0.25, -0.2) is 17.8 Å². The minimum atomic E-state index is -5.08. The zero-order chi connectivity index (χ0) is 22.4. The highest BCUT2D eigenvalue weighted by Gasteiger charge is 2.47. The van der Waals surface area contributed by atoms with E-state index in [1.807, 2.05) is 0 Å². The van der Waals surface area contributed by atoms with Gasteiger partial charge in [-0.3, -0.25) is 4.98 Å². The quantitative estimate of drug-likeness (QED) is 0.721. The first-order chi connectivity index (χ1) is 13.8. The topological polar surface area (TPSA) is 90.4 Å². The Bertz CT molecular complexity index is 1050. The van der Waals surface area contributed by atoms with E-state index >= 15 is 0 Å². The molecule has 2 aromatic rings. The molecule has 0 aliphatic carbocycles. The molecule has 1 aromatic carbocycles. The third-order valence-electron chi connectivity index (χ3n) is 4.55. The number of sulfonamides is 1. The number of fused-ring (bicyclic) bond motifs is 1. The average Bonchev–Trinajstić information content (AvgIpc) is 2.61. The normalized spacial score (nSPS) is 19.7. The summed E-state index contributed by atoms with van der Waals surface area (Å²) >= 11 is 0. The Morgan fingerprint density at radius 2 is 1.83 bits per heavy atom. The monoisotopic (exact) mass is 449 g/mol. The summed E-state index contributed by atoms with van der Waals surface area (Å²) in [7, 11) is -4.01. The number of benzene rings is 1. The molecule has 7 nitrogen and oxygen atoms in total. The van der Waals surface area contributed by atoms with Gasteiger partial charge < -0.3 is 9.47 Å². The van der Waals surface area contributed by atoms with Crippen molar-refractivity contribution in [3.8, 4) is 11.6 Å². The van der Waals surface area contributed by atoms with Crippen LogP contribution in [0, 0.1) is 5.82 Å². The molecule has 0 fully saturated rings. The van der Waals surface area contributed by atoms with Crippen LogP contribution in [0.25, 0.3) is 0 Å². The summed E-state index contributed by atoms with van der Waals surface area (Å²) in [5, 5.41) is 0. The number of aromatic nitrogens is 2. The Balaban J connectivity index is 2.19. The van der Waals surface area contributed by atoms with Gasteiger partial charge in [-0.1, -0.05) is 6.07 Å². The predicted molar refractivity (Wildman–Crippen MR) is 97.8 cm³/mol. The van der Waals surface area contributed by atoms with Gasteiger partial charge >= 0.3 is 6.36 Å². The Labute approximate surface area is 170 Å². The maximum absolute atomic E-state index is 14.5. The highest BCUT2D eigenvalue weighted by Crippen LogP contribution is 2.42. The number of alkyl halides is 3. The Morgan fingerprint density at radius 1 is 1.17 bits per heavy atom. The molecule has 1 N–H and O–H groups in total. The van der Waals surface area contributed by atoms with Crippen molar-refractivity contribution in [2.45, 2.75) is 43.8 Å². The summed E-state index contributed by atoms with van der Waals surface area (Å²) in [5.74, 6) is -2.31. The lowest BCUT2D eigenvalue weighted by Crippen LogP contribution is -2.54. The van der Waals surface area contributed by atoms with E-state index in [2.05, 4.69) is 19.4 Å². The van der Waals surface area contributed by atoms with Crippen molar-refractivity contribution in [3.05, 3.63) is 47.7 Å². The lowest BCUT2D eigenvalue weighted by Gasteiger charge is -2.39. The fraction of sp³-hybridized carbons (Fsp3) is 0.444. The number of nitrogens with zero attached hydrogens (tertiary/aromatic N) is 2. The van der Waals surface area contributed by atoms with Gasteiger partial charge in [-0.05, 0) is 38.5 Å². The molecule has 30 heavy (non-hydrogen) atoms. The van der Waals surface area contributed by atoms with Gasteiger partial charge in [0.2, 0.25) is 15.9 Å². The van der Waals surface area contributed by atoms with E-state index in [9.17, 15) is 26.0 Å². The molecule has 0 radical (unpaired) electrons. The van der Waals surface area contributed by atoms with Crippen molar-refractivity contribution in [1.82, 2.24) is 14.7 Å². The van der Waals surface area contributed by atoms with Gasteiger partial charge in [0.25, 0.3) is 0 Å². The third-order valence-corrected chi connectivity index (χ3v) is 6.78. The van der Waals surface area contributed by atoms with Crippen molar-refractivity contribution in [2.75, 3.05) is 6.61 Å². The SMILES string of the molecule is CC(C)(C)S(=O)(=O)NC1(c2ccc(OC(F)(F)F)c(F)c2)CCOc2nccnc21. The number of ether oxygens (including phenoxy) is 2. The van der Waals surface area contributed by atoms with E-state index in [-0.39, 0.29) is 30.2 Å². The van der Waals surface area contributed by atoms with E-state index in [1.54, 1.807) is 0 Å². The van der Waals surface area contributed by atoms with E-state index in [0.717, 1.165) is 18.2 Å². The Hall–Kier alpha value is -2.47. The second-order valence-electron chi connectivity index (χ2n) is 7.62. The molecule has 1 aromatic heterocycles. The summed E-state index contributed by atoms with van der Waals surface area (Å²) in [5.41, 5.74) is -1.49. The molecule has 1 unspecified atom stereocenters. The average molecular weight is 449 g/mol. The minimum absolute atomic E-state index is 0.00686. The summed E-state index contributed by atoms with van der Waals surface area (Å²) in [6.07, 6.45) is -2.42. The van der Waals surface area contributed by atoms with E-state index in [0.29, 0.717) is 0 Å². The van der Waals surface area contributed by atoms with Crippen LogP contribution in [0.1, 0.15) is 38.4 Å². The van der Waals surface area contributed by atoms with Crippen LogP contribution in [0.5, 0.6) is 11.6 Å². The molecule has 2 heterocycles. The largest absolute Gasteiger partial charge is 0.573 e. The lowest BCUT2D eigenvalue weighted by molar-refractivity contribution is -0.275. The first kappa shape index (κ1) is 22.2. The van der Waals surface area contributed by atoms with Gasteiger partial charge in [0.05, 0.1) is 11.4 Å². The van der Waals surface area contributed by atoms with Gasteiger partial charge in [0.1, 0.15) is 11.2 Å². The van der Waals surface area contributed by atoms with Crippen LogP contribution in [0.15, 0.2) is 30.6 Å². The zero-order valence-corrected chi connectivity index (χ0v) is 17.1. The maximum Gasteiger partial charge on any atom is 0.573 e. The van der Waals surface area contributed by atoms with Gasteiger partial charge in [0, 0.05) is 18.8 Å². The van der Waals surface area contributed by atoms with Crippen LogP contribution < -0.4 is 14.2 Å². The first-order valence-corrected chi connectivity index (χ1v) is 10.3. The number of halogens is 4. The summed E-state index contributed by atoms with van der Waals surface area (Å²) in [4.78, 5) is 8.21. The van der Waals surface area contributed by atoms with Crippen molar-refractivity contribution >= 4 is 10.0 Å². The molecule has 1 aliphatic rings. The van der Waals surface area contributed by atoms with E-state index in [1.165, 1.54) is 33.2 Å². The molecule has 0 amide bonds. The summed E-state index contributed by atoms with van der Waals surface area (Å²) in [6.45, 7) is 4.43. The van der Waals surface area contributed by atoms with Crippen LogP contribution in [0.4, 0.5) is 17.6 Å². The Kier molecular flexibility index (Phi) is 5.44. The molecule has 12 heteroatoms. The maximum atomic E-state index is 14.5. The predicted octanol–water partition coefficient (Wildman–Crippen LogP) is 3.26. The molecule has 1 atom stereocenters. The van der Waals surface area contributed by atoms with Gasteiger partial charge in [0.15, 0.2) is 11.6 Å². The Morgan fingerprint density at radius 3 is 2.43 bits per heavy atom. The van der Waals surface area contributed by atoms with Crippen LogP contribution in [0.2, 0.25) is 0 Å². The standard InChI is InChI=1S/C18H19F4N3O4S/c1-16(2,3)30(26,27)25-17(6-9-28-15-14(17)23-7-8-24-15)11-4-5-13(12(19)10-11)29-18(20,21)22/h4-5,7-8,10,25H,6,9H2,1-3H3. The third kappa shape index (κ3) is 4.19.